The number of benzene rings is 1. The normalized spacial score (nSPS) is 18.5. The first kappa shape index (κ1) is 10.3. The molecule has 0 saturated carbocycles. The second-order valence-corrected chi connectivity index (χ2v) is 4.53. The molecule has 1 aromatic heterocycles. The third-order valence-corrected chi connectivity index (χ3v) is 3.37. The SMILES string of the molecule is c1cncc(NC2CCCc3ccccc32)c1. The van der Waals surface area contributed by atoms with Crippen molar-refractivity contribution in [2.75, 3.05) is 5.32 Å². The Bertz CT molecular complexity index is 493. The van der Waals surface area contributed by atoms with E-state index in [1.807, 2.05) is 12.3 Å². The summed E-state index contributed by atoms with van der Waals surface area (Å²) in [5.41, 5.74) is 4.04. The van der Waals surface area contributed by atoms with E-state index in [-0.39, 0.29) is 0 Å². The zero-order valence-corrected chi connectivity index (χ0v) is 9.76. The molecule has 1 aromatic carbocycles. The van der Waals surface area contributed by atoms with E-state index in [4.69, 9.17) is 0 Å². The molecule has 2 aromatic rings. The van der Waals surface area contributed by atoms with Crippen LogP contribution in [0.1, 0.15) is 30.0 Å². The first-order chi connectivity index (χ1) is 8.43. The lowest BCUT2D eigenvalue weighted by atomic mass is 9.87. The molecule has 0 bridgehead atoms. The van der Waals surface area contributed by atoms with E-state index in [2.05, 4.69) is 40.6 Å². The molecule has 0 radical (unpaired) electrons. The van der Waals surface area contributed by atoms with Crippen LogP contribution in [0.2, 0.25) is 0 Å². The summed E-state index contributed by atoms with van der Waals surface area (Å²) in [7, 11) is 0. The van der Waals surface area contributed by atoms with Crippen molar-refractivity contribution in [2.45, 2.75) is 25.3 Å². The van der Waals surface area contributed by atoms with E-state index in [9.17, 15) is 0 Å². The minimum absolute atomic E-state index is 0.434. The number of hydrogen-bond donors (Lipinski definition) is 1. The fourth-order valence-corrected chi connectivity index (χ4v) is 2.55. The Kier molecular flexibility index (Phi) is 2.78. The highest BCUT2D eigenvalue weighted by Gasteiger charge is 2.19. The van der Waals surface area contributed by atoms with Crippen LogP contribution in [0.15, 0.2) is 48.8 Å². The maximum Gasteiger partial charge on any atom is 0.0531 e. The van der Waals surface area contributed by atoms with E-state index < -0.39 is 0 Å². The van der Waals surface area contributed by atoms with Gasteiger partial charge >= 0.3 is 0 Å². The molecular weight excluding hydrogens is 208 g/mol. The third-order valence-electron chi connectivity index (χ3n) is 3.37. The first-order valence-electron chi connectivity index (χ1n) is 6.18. The number of pyridine rings is 1. The predicted molar refractivity (Wildman–Crippen MR) is 70.0 cm³/mol. The van der Waals surface area contributed by atoms with Crippen molar-refractivity contribution in [1.29, 1.82) is 0 Å². The number of anilines is 1. The van der Waals surface area contributed by atoms with E-state index >= 15 is 0 Å². The molecule has 1 N–H and O–H groups in total. The molecule has 86 valence electrons. The van der Waals surface area contributed by atoms with Gasteiger partial charge in [-0.05, 0) is 42.5 Å². The van der Waals surface area contributed by atoms with E-state index in [1.165, 1.54) is 30.4 Å². The van der Waals surface area contributed by atoms with Crippen molar-refractivity contribution in [3.63, 3.8) is 0 Å². The fourth-order valence-electron chi connectivity index (χ4n) is 2.55. The number of aryl methyl sites for hydroxylation is 1. The lowest BCUT2D eigenvalue weighted by molar-refractivity contribution is 0.600. The number of nitrogens with one attached hydrogen (secondary N) is 1. The van der Waals surface area contributed by atoms with Crippen LogP contribution < -0.4 is 5.32 Å². The average molecular weight is 224 g/mol. The van der Waals surface area contributed by atoms with Crippen LogP contribution >= 0.6 is 0 Å². The number of hydrogen-bond acceptors (Lipinski definition) is 2. The summed E-state index contributed by atoms with van der Waals surface area (Å²) in [5.74, 6) is 0. The molecule has 0 amide bonds. The molecule has 1 aliphatic rings. The first-order valence-corrected chi connectivity index (χ1v) is 6.18. The Morgan fingerprint density at radius 3 is 2.94 bits per heavy atom. The molecule has 1 heterocycles. The van der Waals surface area contributed by atoms with Gasteiger partial charge in [0.15, 0.2) is 0 Å². The molecule has 0 spiro atoms. The largest absolute Gasteiger partial charge is 0.377 e. The molecule has 0 saturated heterocycles. The lowest BCUT2D eigenvalue weighted by Crippen LogP contribution is -2.17. The molecule has 1 aliphatic carbocycles. The zero-order valence-electron chi connectivity index (χ0n) is 9.76. The van der Waals surface area contributed by atoms with Crippen molar-refractivity contribution in [1.82, 2.24) is 4.98 Å². The highest BCUT2D eigenvalue weighted by molar-refractivity contribution is 5.45. The van der Waals surface area contributed by atoms with Crippen LogP contribution in [0, 0.1) is 0 Å². The van der Waals surface area contributed by atoms with E-state index in [1.54, 1.807) is 6.20 Å². The topological polar surface area (TPSA) is 24.9 Å². The highest BCUT2D eigenvalue weighted by atomic mass is 14.9. The molecule has 3 rings (SSSR count). The quantitative estimate of drug-likeness (QED) is 0.843. The van der Waals surface area contributed by atoms with Crippen LogP contribution in [0.25, 0.3) is 0 Å². The van der Waals surface area contributed by atoms with Gasteiger partial charge in [-0.15, -0.1) is 0 Å². The monoisotopic (exact) mass is 224 g/mol. The Labute approximate surface area is 102 Å². The second kappa shape index (κ2) is 4.58. The summed E-state index contributed by atoms with van der Waals surface area (Å²) in [4.78, 5) is 4.14. The average Bonchev–Trinajstić information content (AvgIpc) is 2.40. The summed E-state index contributed by atoms with van der Waals surface area (Å²) >= 11 is 0. The van der Waals surface area contributed by atoms with Crippen molar-refractivity contribution in [3.05, 3.63) is 59.9 Å². The van der Waals surface area contributed by atoms with Gasteiger partial charge in [-0.3, -0.25) is 4.98 Å². The predicted octanol–water partition coefficient (Wildman–Crippen LogP) is 3.57. The molecule has 2 nitrogen and oxygen atoms in total. The highest BCUT2D eigenvalue weighted by Crippen LogP contribution is 2.31. The van der Waals surface area contributed by atoms with Crippen molar-refractivity contribution >= 4 is 5.69 Å². The molecule has 1 unspecified atom stereocenters. The van der Waals surface area contributed by atoms with Crippen LogP contribution in [0.3, 0.4) is 0 Å². The summed E-state index contributed by atoms with van der Waals surface area (Å²) in [5, 5.41) is 3.57. The molecule has 2 heteroatoms. The van der Waals surface area contributed by atoms with Crippen LogP contribution in [0.4, 0.5) is 5.69 Å². The van der Waals surface area contributed by atoms with Gasteiger partial charge in [0.1, 0.15) is 0 Å². The molecule has 0 fully saturated rings. The van der Waals surface area contributed by atoms with Gasteiger partial charge in [-0.1, -0.05) is 24.3 Å². The van der Waals surface area contributed by atoms with Crippen LogP contribution in [0.5, 0.6) is 0 Å². The maximum atomic E-state index is 4.14. The molecule has 17 heavy (non-hydrogen) atoms. The van der Waals surface area contributed by atoms with Gasteiger partial charge < -0.3 is 5.32 Å². The number of nitrogens with zero attached hydrogens (tertiary/aromatic N) is 1. The number of rotatable bonds is 2. The third kappa shape index (κ3) is 2.16. The second-order valence-electron chi connectivity index (χ2n) is 4.53. The van der Waals surface area contributed by atoms with E-state index in [0.29, 0.717) is 6.04 Å². The Balaban J connectivity index is 1.86. The van der Waals surface area contributed by atoms with Crippen LogP contribution in [-0.2, 0) is 6.42 Å². The van der Waals surface area contributed by atoms with Crippen molar-refractivity contribution in [3.8, 4) is 0 Å². The van der Waals surface area contributed by atoms with Crippen molar-refractivity contribution in [2.24, 2.45) is 0 Å². The summed E-state index contributed by atoms with van der Waals surface area (Å²) in [6, 6.07) is 13.2. The Hall–Kier alpha value is -1.83. The van der Waals surface area contributed by atoms with Gasteiger partial charge in [0.05, 0.1) is 11.7 Å². The molecular formula is C15H16N2. The van der Waals surface area contributed by atoms with Crippen molar-refractivity contribution < 1.29 is 0 Å². The van der Waals surface area contributed by atoms with Gasteiger partial charge in [0, 0.05) is 12.4 Å². The number of fused-ring (bicyclic) bond motifs is 1. The summed E-state index contributed by atoms with van der Waals surface area (Å²) < 4.78 is 0. The smallest absolute Gasteiger partial charge is 0.0531 e. The van der Waals surface area contributed by atoms with Gasteiger partial charge in [-0.2, -0.15) is 0 Å². The Morgan fingerprint density at radius 1 is 1.12 bits per heavy atom. The van der Waals surface area contributed by atoms with Gasteiger partial charge in [-0.25, -0.2) is 0 Å². The molecule has 0 aliphatic heterocycles. The summed E-state index contributed by atoms with van der Waals surface area (Å²) in [6.07, 6.45) is 7.36. The fraction of sp³-hybridized carbons (Fsp3) is 0.267. The Morgan fingerprint density at radius 2 is 2.06 bits per heavy atom. The maximum absolute atomic E-state index is 4.14. The van der Waals surface area contributed by atoms with E-state index in [0.717, 1.165) is 5.69 Å². The van der Waals surface area contributed by atoms with Gasteiger partial charge in [0.25, 0.3) is 0 Å². The zero-order chi connectivity index (χ0) is 11.5. The minimum atomic E-state index is 0.434. The lowest BCUT2D eigenvalue weighted by Gasteiger charge is -2.27. The minimum Gasteiger partial charge on any atom is -0.377 e. The summed E-state index contributed by atoms with van der Waals surface area (Å²) in [6.45, 7) is 0. The van der Waals surface area contributed by atoms with Gasteiger partial charge in [0.2, 0.25) is 0 Å². The molecule has 1 atom stereocenters. The van der Waals surface area contributed by atoms with Crippen LogP contribution in [-0.4, -0.2) is 4.98 Å². The standard InChI is InChI=1S/C15H16N2/c1-2-8-14-12(5-1)6-3-9-15(14)17-13-7-4-10-16-11-13/h1-2,4-5,7-8,10-11,15,17H,3,6,9H2. The number of aromatic nitrogens is 1.